The number of aliphatic imine (C=N–C) groups is 1. The van der Waals surface area contributed by atoms with E-state index in [2.05, 4.69) is 22.5 Å². The van der Waals surface area contributed by atoms with E-state index >= 15 is 0 Å². The van der Waals surface area contributed by atoms with E-state index in [-0.39, 0.29) is 0 Å². The summed E-state index contributed by atoms with van der Waals surface area (Å²) in [5, 5.41) is 6.55. The van der Waals surface area contributed by atoms with Crippen LogP contribution in [0.2, 0.25) is 0 Å². The molecule has 1 aliphatic rings. The van der Waals surface area contributed by atoms with Gasteiger partial charge in [0.25, 0.3) is 0 Å². The van der Waals surface area contributed by atoms with Crippen LogP contribution < -0.4 is 10.6 Å². The first-order chi connectivity index (χ1) is 11.4. The van der Waals surface area contributed by atoms with Crippen molar-refractivity contribution in [2.24, 2.45) is 4.99 Å². The lowest BCUT2D eigenvalue weighted by molar-refractivity contribution is 0.0264. The first-order valence-electron chi connectivity index (χ1n) is 9.58. The molecule has 5 heteroatoms. The Bertz CT molecular complexity index is 292. The van der Waals surface area contributed by atoms with Crippen molar-refractivity contribution >= 4 is 5.96 Å². The molecule has 0 radical (unpaired) electrons. The largest absolute Gasteiger partial charge is 0.380 e. The van der Waals surface area contributed by atoms with Crippen LogP contribution in [0, 0.1) is 0 Å². The van der Waals surface area contributed by atoms with Crippen LogP contribution >= 0.6 is 0 Å². The molecule has 0 aromatic rings. The molecular weight excluding hydrogens is 290 g/mol. The molecule has 1 fully saturated rings. The number of nitrogens with one attached hydrogen (secondary N) is 2. The summed E-state index contributed by atoms with van der Waals surface area (Å²) in [5.74, 6) is 0.894. The maximum Gasteiger partial charge on any atom is 0.191 e. The van der Waals surface area contributed by atoms with Crippen LogP contribution in [0.3, 0.4) is 0 Å². The van der Waals surface area contributed by atoms with Crippen molar-refractivity contribution in [3.63, 3.8) is 0 Å². The summed E-state index contributed by atoms with van der Waals surface area (Å²) in [7, 11) is 0. The van der Waals surface area contributed by atoms with Crippen molar-refractivity contribution in [1.82, 2.24) is 10.6 Å². The minimum Gasteiger partial charge on any atom is -0.380 e. The van der Waals surface area contributed by atoms with Gasteiger partial charge in [0.1, 0.15) is 0 Å². The number of hydrogen-bond acceptors (Lipinski definition) is 3. The van der Waals surface area contributed by atoms with Gasteiger partial charge < -0.3 is 20.1 Å². The highest BCUT2D eigenvalue weighted by molar-refractivity contribution is 5.79. The zero-order valence-electron chi connectivity index (χ0n) is 15.2. The van der Waals surface area contributed by atoms with Gasteiger partial charge in [-0.25, -0.2) is 0 Å². The highest BCUT2D eigenvalue weighted by Gasteiger charge is 2.12. The fraction of sp³-hybridized carbons (Fsp3) is 0.944. The minimum absolute atomic E-state index is 0.539. The van der Waals surface area contributed by atoms with Gasteiger partial charge in [0.2, 0.25) is 0 Å². The summed E-state index contributed by atoms with van der Waals surface area (Å²) in [4.78, 5) is 4.60. The Labute approximate surface area is 142 Å². The fourth-order valence-electron chi connectivity index (χ4n) is 2.79. The van der Waals surface area contributed by atoms with Crippen LogP contribution in [0.5, 0.6) is 0 Å². The SMILES string of the molecule is CCNC(=NCCCCCOC1CCCCC1)NCCOCC. The molecule has 0 bridgehead atoms. The molecule has 23 heavy (non-hydrogen) atoms. The number of rotatable bonds is 12. The fourth-order valence-corrected chi connectivity index (χ4v) is 2.79. The highest BCUT2D eigenvalue weighted by atomic mass is 16.5. The normalized spacial score (nSPS) is 16.5. The lowest BCUT2D eigenvalue weighted by atomic mass is 9.98. The van der Waals surface area contributed by atoms with E-state index in [0.717, 1.165) is 58.3 Å². The van der Waals surface area contributed by atoms with E-state index in [0.29, 0.717) is 6.10 Å². The molecule has 5 nitrogen and oxygen atoms in total. The molecule has 136 valence electrons. The average molecular weight is 328 g/mol. The average Bonchev–Trinajstić information content (AvgIpc) is 2.58. The summed E-state index contributed by atoms with van der Waals surface area (Å²) >= 11 is 0. The van der Waals surface area contributed by atoms with E-state index in [1.54, 1.807) is 0 Å². The maximum absolute atomic E-state index is 5.95. The predicted octanol–water partition coefficient (Wildman–Crippen LogP) is 3.10. The molecule has 0 heterocycles. The van der Waals surface area contributed by atoms with Crippen molar-refractivity contribution in [3.05, 3.63) is 0 Å². The van der Waals surface area contributed by atoms with Gasteiger partial charge in [0.05, 0.1) is 12.7 Å². The molecule has 0 aromatic carbocycles. The summed E-state index contributed by atoms with van der Waals surface area (Å²) < 4.78 is 11.3. The van der Waals surface area contributed by atoms with E-state index in [1.165, 1.54) is 38.5 Å². The summed E-state index contributed by atoms with van der Waals surface area (Å²) in [6.07, 6.45) is 10.6. The second-order valence-corrected chi connectivity index (χ2v) is 6.08. The Kier molecular flexibility index (Phi) is 13.0. The molecule has 0 aromatic heterocycles. The van der Waals surface area contributed by atoms with Crippen molar-refractivity contribution in [2.75, 3.05) is 39.5 Å². The molecule has 0 atom stereocenters. The highest BCUT2D eigenvalue weighted by Crippen LogP contribution is 2.20. The van der Waals surface area contributed by atoms with Crippen LogP contribution in [-0.4, -0.2) is 51.5 Å². The minimum atomic E-state index is 0.539. The zero-order valence-corrected chi connectivity index (χ0v) is 15.2. The third kappa shape index (κ3) is 11.4. The Hall–Kier alpha value is -0.810. The van der Waals surface area contributed by atoms with Gasteiger partial charge in [-0.15, -0.1) is 0 Å². The smallest absolute Gasteiger partial charge is 0.191 e. The van der Waals surface area contributed by atoms with Crippen LogP contribution in [0.25, 0.3) is 0 Å². The quantitative estimate of drug-likeness (QED) is 0.328. The van der Waals surface area contributed by atoms with E-state index in [1.807, 2.05) is 6.92 Å². The topological polar surface area (TPSA) is 54.9 Å². The third-order valence-corrected chi connectivity index (χ3v) is 4.07. The van der Waals surface area contributed by atoms with Crippen molar-refractivity contribution in [2.45, 2.75) is 71.3 Å². The second kappa shape index (κ2) is 14.8. The van der Waals surface area contributed by atoms with Gasteiger partial charge in [0, 0.05) is 32.8 Å². The first-order valence-corrected chi connectivity index (χ1v) is 9.58. The van der Waals surface area contributed by atoms with Gasteiger partial charge in [-0.3, -0.25) is 4.99 Å². The van der Waals surface area contributed by atoms with Gasteiger partial charge in [-0.1, -0.05) is 19.3 Å². The lowest BCUT2D eigenvalue weighted by Gasteiger charge is -2.21. The number of nitrogens with zero attached hydrogens (tertiary/aromatic N) is 1. The molecule has 1 aliphatic carbocycles. The molecular formula is C18H37N3O2. The number of hydrogen-bond donors (Lipinski definition) is 2. The van der Waals surface area contributed by atoms with Crippen LogP contribution in [-0.2, 0) is 9.47 Å². The summed E-state index contributed by atoms with van der Waals surface area (Å²) in [6, 6.07) is 0. The van der Waals surface area contributed by atoms with Gasteiger partial charge in [-0.2, -0.15) is 0 Å². The molecule has 0 aliphatic heterocycles. The molecule has 0 unspecified atom stereocenters. The van der Waals surface area contributed by atoms with Crippen LogP contribution in [0.4, 0.5) is 0 Å². The van der Waals surface area contributed by atoms with Gasteiger partial charge in [-0.05, 0) is 46.0 Å². The monoisotopic (exact) mass is 327 g/mol. The lowest BCUT2D eigenvalue weighted by Crippen LogP contribution is -2.39. The van der Waals surface area contributed by atoms with Gasteiger partial charge >= 0.3 is 0 Å². The van der Waals surface area contributed by atoms with Crippen molar-refractivity contribution in [1.29, 1.82) is 0 Å². The molecule has 2 N–H and O–H groups in total. The second-order valence-electron chi connectivity index (χ2n) is 6.08. The van der Waals surface area contributed by atoms with E-state index < -0.39 is 0 Å². The summed E-state index contributed by atoms with van der Waals surface area (Å²) in [5.41, 5.74) is 0. The van der Waals surface area contributed by atoms with Crippen LogP contribution in [0.1, 0.15) is 65.2 Å². The Morgan fingerprint density at radius 1 is 1.00 bits per heavy atom. The Morgan fingerprint density at radius 2 is 1.83 bits per heavy atom. The van der Waals surface area contributed by atoms with Crippen LogP contribution in [0.15, 0.2) is 4.99 Å². The molecule has 0 saturated heterocycles. The number of unbranched alkanes of at least 4 members (excludes halogenated alkanes) is 2. The summed E-state index contributed by atoms with van der Waals surface area (Å²) in [6.45, 7) is 9.05. The predicted molar refractivity (Wildman–Crippen MR) is 97.2 cm³/mol. The molecule has 0 amide bonds. The van der Waals surface area contributed by atoms with E-state index in [4.69, 9.17) is 9.47 Å². The Morgan fingerprint density at radius 3 is 2.57 bits per heavy atom. The van der Waals surface area contributed by atoms with E-state index in [9.17, 15) is 0 Å². The molecule has 1 rings (SSSR count). The first kappa shape index (κ1) is 20.2. The Balaban J connectivity index is 2.00. The maximum atomic E-state index is 5.95. The van der Waals surface area contributed by atoms with Crippen molar-refractivity contribution < 1.29 is 9.47 Å². The van der Waals surface area contributed by atoms with Crippen molar-refractivity contribution in [3.8, 4) is 0 Å². The zero-order chi connectivity index (χ0) is 16.6. The number of guanidine groups is 1. The van der Waals surface area contributed by atoms with Gasteiger partial charge in [0.15, 0.2) is 5.96 Å². The third-order valence-electron chi connectivity index (χ3n) is 4.07. The molecule has 0 spiro atoms. The standard InChI is InChI=1S/C18H37N3O2/c1-3-19-18(21-14-16-22-4-2)20-13-9-6-10-15-23-17-11-7-5-8-12-17/h17H,3-16H2,1-2H3,(H2,19,20,21). The molecule has 1 saturated carbocycles. The number of ether oxygens (including phenoxy) is 2.